The topological polar surface area (TPSA) is 85.4 Å². The number of nitrogens with one attached hydrogen (secondary N) is 2. The van der Waals surface area contributed by atoms with Crippen LogP contribution in [0.25, 0.3) is 0 Å². The highest BCUT2D eigenvalue weighted by molar-refractivity contribution is 6.03. The molecule has 0 spiro atoms. The van der Waals surface area contributed by atoms with Crippen molar-refractivity contribution in [1.82, 2.24) is 9.97 Å². The minimum atomic E-state index is -0.872. The molecule has 0 fully saturated rings. The molecular weight excluding hydrogens is 370 g/mol. The van der Waals surface area contributed by atoms with Gasteiger partial charge in [0, 0.05) is 12.6 Å². The van der Waals surface area contributed by atoms with E-state index in [0.29, 0.717) is 23.9 Å². The first-order valence-electron chi connectivity index (χ1n) is 8.30. The van der Waals surface area contributed by atoms with Crippen molar-refractivity contribution < 1.29 is 23.0 Å². The summed E-state index contributed by atoms with van der Waals surface area (Å²) in [4.78, 5) is 20.2. The lowest BCUT2D eigenvalue weighted by Gasteiger charge is -2.09. The standard InChI is InChI=1S/C19H14F2N4O3/c20-12-2-1-3-13(21)18(12)25-19(26)14-7-17(24-9-23-14)22-8-11-4-5-15-16(6-11)28-10-27-15/h1-7,9H,8,10H2,(H,25,26)(H,22,23,24). The molecule has 0 bridgehead atoms. The van der Waals surface area contributed by atoms with Gasteiger partial charge in [-0.1, -0.05) is 12.1 Å². The first-order valence-corrected chi connectivity index (χ1v) is 8.30. The maximum absolute atomic E-state index is 13.7. The molecule has 2 heterocycles. The number of benzene rings is 2. The van der Waals surface area contributed by atoms with Crippen molar-refractivity contribution in [2.75, 3.05) is 17.4 Å². The minimum Gasteiger partial charge on any atom is -0.454 e. The van der Waals surface area contributed by atoms with E-state index in [1.165, 1.54) is 18.5 Å². The van der Waals surface area contributed by atoms with Crippen LogP contribution in [0.4, 0.5) is 20.3 Å². The fraction of sp³-hybridized carbons (Fsp3) is 0.105. The highest BCUT2D eigenvalue weighted by atomic mass is 19.1. The first kappa shape index (κ1) is 17.7. The maximum atomic E-state index is 13.7. The van der Waals surface area contributed by atoms with E-state index in [1.54, 1.807) is 6.07 Å². The van der Waals surface area contributed by atoms with Gasteiger partial charge >= 0.3 is 0 Å². The van der Waals surface area contributed by atoms with Gasteiger partial charge in [-0.25, -0.2) is 18.7 Å². The number of aromatic nitrogens is 2. The number of fused-ring (bicyclic) bond motifs is 1. The molecule has 0 saturated carbocycles. The minimum absolute atomic E-state index is 0.0363. The highest BCUT2D eigenvalue weighted by Crippen LogP contribution is 2.32. The third-order valence-electron chi connectivity index (χ3n) is 4.01. The Morgan fingerprint density at radius 2 is 1.82 bits per heavy atom. The quantitative estimate of drug-likeness (QED) is 0.702. The SMILES string of the molecule is O=C(Nc1c(F)cccc1F)c1cc(NCc2ccc3c(c2)OCO3)ncn1. The van der Waals surface area contributed by atoms with Gasteiger partial charge in [0.2, 0.25) is 6.79 Å². The van der Waals surface area contributed by atoms with Crippen LogP contribution >= 0.6 is 0 Å². The van der Waals surface area contributed by atoms with Gasteiger partial charge in [-0.15, -0.1) is 0 Å². The lowest BCUT2D eigenvalue weighted by atomic mass is 10.2. The fourth-order valence-corrected chi connectivity index (χ4v) is 2.62. The molecule has 0 saturated heterocycles. The molecule has 0 atom stereocenters. The molecule has 1 aliphatic heterocycles. The van der Waals surface area contributed by atoms with Crippen molar-refractivity contribution in [3.05, 3.63) is 71.7 Å². The van der Waals surface area contributed by atoms with Gasteiger partial charge in [-0.2, -0.15) is 0 Å². The average Bonchev–Trinajstić information content (AvgIpc) is 3.17. The van der Waals surface area contributed by atoms with Crippen molar-refractivity contribution in [1.29, 1.82) is 0 Å². The van der Waals surface area contributed by atoms with Gasteiger partial charge in [-0.05, 0) is 29.8 Å². The lowest BCUT2D eigenvalue weighted by Crippen LogP contribution is -2.16. The van der Waals surface area contributed by atoms with Crippen LogP contribution < -0.4 is 20.1 Å². The molecule has 1 aromatic heterocycles. The lowest BCUT2D eigenvalue weighted by molar-refractivity contribution is 0.102. The van der Waals surface area contributed by atoms with Crippen LogP contribution in [0.3, 0.4) is 0 Å². The normalized spacial score (nSPS) is 11.9. The molecule has 2 N–H and O–H groups in total. The van der Waals surface area contributed by atoms with E-state index in [4.69, 9.17) is 9.47 Å². The largest absolute Gasteiger partial charge is 0.454 e. The summed E-state index contributed by atoms with van der Waals surface area (Å²) in [6, 6.07) is 10.2. The van der Waals surface area contributed by atoms with Crippen LogP contribution in [0.15, 0.2) is 48.8 Å². The van der Waals surface area contributed by atoms with Crippen molar-refractivity contribution in [3.63, 3.8) is 0 Å². The van der Waals surface area contributed by atoms with Crippen molar-refractivity contribution in [3.8, 4) is 11.5 Å². The van der Waals surface area contributed by atoms with Crippen LogP contribution in [0.5, 0.6) is 11.5 Å². The molecule has 0 aliphatic carbocycles. The predicted octanol–water partition coefficient (Wildman–Crippen LogP) is 3.35. The van der Waals surface area contributed by atoms with E-state index in [9.17, 15) is 13.6 Å². The molecule has 142 valence electrons. The van der Waals surface area contributed by atoms with E-state index < -0.39 is 23.2 Å². The Morgan fingerprint density at radius 1 is 1.04 bits per heavy atom. The zero-order valence-electron chi connectivity index (χ0n) is 14.4. The van der Waals surface area contributed by atoms with Gasteiger partial charge in [-0.3, -0.25) is 4.79 Å². The number of amides is 1. The fourth-order valence-electron chi connectivity index (χ4n) is 2.62. The molecule has 0 unspecified atom stereocenters. The van der Waals surface area contributed by atoms with E-state index in [1.807, 2.05) is 12.1 Å². The molecule has 3 aromatic rings. The Morgan fingerprint density at radius 3 is 2.64 bits per heavy atom. The number of para-hydroxylation sites is 1. The molecule has 0 radical (unpaired) electrons. The summed E-state index contributed by atoms with van der Waals surface area (Å²) < 4.78 is 38.0. The Labute approximate surface area is 158 Å². The number of rotatable bonds is 5. The maximum Gasteiger partial charge on any atom is 0.274 e. The number of anilines is 2. The van der Waals surface area contributed by atoms with E-state index in [-0.39, 0.29) is 12.5 Å². The molecule has 7 nitrogen and oxygen atoms in total. The molecular formula is C19H14F2N4O3. The van der Waals surface area contributed by atoms with Gasteiger partial charge in [0.25, 0.3) is 5.91 Å². The number of ether oxygens (including phenoxy) is 2. The van der Waals surface area contributed by atoms with Crippen molar-refractivity contribution >= 4 is 17.4 Å². The van der Waals surface area contributed by atoms with Gasteiger partial charge in [0.15, 0.2) is 11.5 Å². The van der Waals surface area contributed by atoms with Crippen LogP contribution in [-0.4, -0.2) is 22.7 Å². The number of nitrogens with zero attached hydrogens (tertiary/aromatic N) is 2. The number of carbonyl (C=O) groups is 1. The first-order chi connectivity index (χ1) is 13.6. The second kappa shape index (κ2) is 7.47. The van der Waals surface area contributed by atoms with Crippen LogP contribution in [0.2, 0.25) is 0 Å². The summed E-state index contributed by atoms with van der Waals surface area (Å²) in [6.45, 7) is 0.607. The monoisotopic (exact) mass is 384 g/mol. The van der Waals surface area contributed by atoms with Gasteiger partial charge in [0.05, 0.1) is 0 Å². The van der Waals surface area contributed by atoms with Gasteiger partial charge < -0.3 is 20.1 Å². The molecule has 9 heteroatoms. The second-order valence-corrected chi connectivity index (χ2v) is 5.88. The molecule has 4 rings (SSSR count). The summed E-state index contributed by atoms with van der Waals surface area (Å²) in [7, 11) is 0. The second-order valence-electron chi connectivity index (χ2n) is 5.88. The van der Waals surface area contributed by atoms with Crippen LogP contribution in [0.1, 0.15) is 16.1 Å². The molecule has 2 aromatic carbocycles. The number of hydrogen-bond donors (Lipinski definition) is 2. The Balaban J connectivity index is 1.44. The zero-order valence-corrected chi connectivity index (χ0v) is 14.4. The Hall–Kier alpha value is -3.75. The molecule has 28 heavy (non-hydrogen) atoms. The number of halogens is 2. The van der Waals surface area contributed by atoms with Crippen LogP contribution in [-0.2, 0) is 6.54 Å². The smallest absolute Gasteiger partial charge is 0.274 e. The highest BCUT2D eigenvalue weighted by Gasteiger charge is 2.16. The summed E-state index contributed by atoms with van der Waals surface area (Å²) in [5.74, 6) is -0.768. The van der Waals surface area contributed by atoms with Crippen LogP contribution in [0, 0.1) is 11.6 Å². The third kappa shape index (κ3) is 3.68. The van der Waals surface area contributed by atoms with E-state index >= 15 is 0 Å². The van der Waals surface area contributed by atoms with E-state index in [0.717, 1.165) is 17.7 Å². The Kier molecular flexibility index (Phi) is 4.71. The summed E-state index contributed by atoms with van der Waals surface area (Å²) in [6.07, 6.45) is 1.19. The van der Waals surface area contributed by atoms with Gasteiger partial charge in [0.1, 0.15) is 35.2 Å². The van der Waals surface area contributed by atoms with Crippen molar-refractivity contribution in [2.45, 2.75) is 6.54 Å². The summed E-state index contributed by atoms with van der Waals surface area (Å²) in [5.41, 5.74) is 0.356. The average molecular weight is 384 g/mol. The zero-order chi connectivity index (χ0) is 19.5. The molecule has 1 aliphatic rings. The third-order valence-corrected chi connectivity index (χ3v) is 4.01. The molecule has 1 amide bonds. The van der Waals surface area contributed by atoms with E-state index in [2.05, 4.69) is 20.6 Å². The number of carbonyl (C=O) groups excluding carboxylic acids is 1. The van der Waals surface area contributed by atoms with Crippen molar-refractivity contribution in [2.24, 2.45) is 0 Å². The summed E-state index contributed by atoms with van der Waals surface area (Å²) in [5, 5.41) is 5.25. The number of hydrogen-bond acceptors (Lipinski definition) is 6. The predicted molar refractivity (Wildman–Crippen MR) is 96.2 cm³/mol. The summed E-state index contributed by atoms with van der Waals surface area (Å²) >= 11 is 0. The Bertz CT molecular complexity index is 1030.